The Morgan fingerprint density at radius 1 is 1.20 bits per heavy atom. The second-order valence-corrected chi connectivity index (χ2v) is 5.79. The van der Waals surface area contributed by atoms with E-state index in [0.29, 0.717) is 6.54 Å². The van der Waals surface area contributed by atoms with Crippen molar-refractivity contribution in [1.29, 1.82) is 0 Å². The maximum absolute atomic E-state index is 13.8. The number of halogens is 2. The van der Waals surface area contributed by atoms with Crippen LogP contribution in [0, 0.1) is 5.82 Å². The van der Waals surface area contributed by atoms with Crippen molar-refractivity contribution >= 4 is 29.3 Å². The molecular weight excluding hydrogens is 341 g/mol. The number of nitrogens with zero attached hydrogens (tertiary/aromatic N) is 2. The molecule has 25 heavy (non-hydrogen) atoms. The normalized spacial score (nSPS) is 11.0. The Morgan fingerprint density at radius 3 is 2.80 bits per heavy atom. The number of hydrogen-bond donors (Lipinski definition) is 1. The van der Waals surface area contributed by atoms with Gasteiger partial charge in [0, 0.05) is 17.8 Å². The topological polar surface area (TPSA) is 46.9 Å². The summed E-state index contributed by atoms with van der Waals surface area (Å²) in [5.41, 5.74) is 1.95. The standard InChI is InChI=1S/C19H15ClFN3O/c20-16-7-4-8-17(19(16)21)23-18(25)10-9-15-11-22-24(13-15)12-14-5-2-1-3-6-14/h1-11,13H,12H2,(H,23,25)/b10-9+. The van der Waals surface area contributed by atoms with Crippen molar-refractivity contribution in [2.45, 2.75) is 6.54 Å². The van der Waals surface area contributed by atoms with E-state index in [4.69, 9.17) is 11.6 Å². The molecule has 0 atom stereocenters. The minimum absolute atomic E-state index is 0.0380. The van der Waals surface area contributed by atoms with Crippen molar-refractivity contribution in [3.63, 3.8) is 0 Å². The van der Waals surface area contributed by atoms with E-state index in [1.54, 1.807) is 23.0 Å². The maximum Gasteiger partial charge on any atom is 0.248 e. The molecule has 0 fully saturated rings. The summed E-state index contributed by atoms with van der Waals surface area (Å²) < 4.78 is 15.5. The zero-order valence-electron chi connectivity index (χ0n) is 13.2. The lowest BCUT2D eigenvalue weighted by molar-refractivity contribution is -0.111. The Hall–Kier alpha value is -2.92. The highest BCUT2D eigenvalue weighted by molar-refractivity contribution is 6.31. The third-order valence-corrected chi connectivity index (χ3v) is 3.77. The molecule has 0 aliphatic carbocycles. The van der Waals surface area contributed by atoms with Crippen LogP contribution in [0.1, 0.15) is 11.1 Å². The van der Waals surface area contributed by atoms with E-state index < -0.39 is 11.7 Å². The van der Waals surface area contributed by atoms with Gasteiger partial charge in [-0.25, -0.2) is 4.39 Å². The van der Waals surface area contributed by atoms with Gasteiger partial charge in [0.2, 0.25) is 5.91 Å². The van der Waals surface area contributed by atoms with Gasteiger partial charge in [0.25, 0.3) is 0 Å². The predicted molar refractivity (Wildman–Crippen MR) is 96.8 cm³/mol. The maximum atomic E-state index is 13.8. The summed E-state index contributed by atoms with van der Waals surface area (Å²) in [5, 5.41) is 6.67. The first-order valence-electron chi connectivity index (χ1n) is 7.61. The number of hydrogen-bond acceptors (Lipinski definition) is 2. The molecule has 3 aromatic rings. The van der Waals surface area contributed by atoms with Crippen molar-refractivity contribution in [2.24, 2.45) is 0 Å². The molecule has 0 radical (unpaired) electrons. The summed E-state index contributed by atoms with van der Waals surface area (Å²) in [6, 6.07) is 14.4. The van der Waals surface area contributed by atoms with Crippen LogP contribution in [0.2, 0.25) is 5.02 Å². The fourth-order valence-corrected chi connectivity index (χ4v) is 2.44. The molecule has 0 aliphatic rings. The van der Waals surface area contributed by atoms with E-state index in [0.717, 1.165) is 11.1 Å². The molecule has 1 N–H and O–H groups in total. The lowest BCUT2D eigenvalue weighted by Gasteiger charge is -2.04. The third-order valence-electron chi connectivity index (χ3n) is 3.48. The Morgan fingerprint density at radius 2 is 2.00 bits per heavy atom. The van der Waals surface area contributed by atoms with Crippen LogP contribution in [0.15, 0.2) is 67.0 Å². The van der Waals surface area contributed by atoms with Gasteiger partial charge in [-0.05, 0) is 23.8 Å². The van der Waals surface area contributed by atoms with Crippen LogP contribution in [0.25, 0.3) is 6.08 Å². The molecule has 1 aromatic heterocycles. The SMILES string of the molecule is O=C(/C=C/c1cnn(Cc2ccccc2)c1)Nc1cccc(Cl)c1F. The number of nitrogens with one attached hydrogen (secondary N) is 1. The third kappa shape index (κ3) is 4.55. The number of carbonyl (C=O) groups is 1. The van der Waals surface area contributed by atoms with Gasteiger partial charge < -0.3 is 5.32 Å². The lowest BCUT2D eigenvalue weighted by Crippen LogP contribution is -2.09. The molecule has 0 spiro atoms. The van der Waals surface area contributed by atoms with Gasteiger partial charge in [-0.2, -0.15) is 5.10 Å². The molecule has 0 unspecified atom stereocenters. The van der Waals surface area contributed by atoms with Gasteiger partial charge in [0.15, 0.2) is 5.82 Å². The summed E-state index contributed by atoms with van der Waals surface area (Å²) in [6.07, 6.45) is 6.43. The van der Waals surface area contributed by atoms with E-state index in [9.17, 15) is 9.18 Å². The van der Waals surface area contributed by atoms with E-state index in [2.05, 4.69) is 10.4 Å². The number of carbonyl (C=O) groups excluding carboxylic acids is 1. The Kier molecular flexibility index (Phi) is 5.26. The van der Waals surface area contributed by atoms with Crippen LogP contribution in [-0.2, 0) is 11.3 Å². The van der Waals surface area contributed by atoms with Gasteiger partial charge in [0.05, 0.1) is 23.5 Å². The minimum atomic E-state index is -0.651. The number of rotatable bonds is 5. The van der Waals surface area contributed by atoms with E-state index >= 15 is 0 Å². The molecule has 2 aromatic carbocycles. The zero-order chi connectivity index (χ0) is 17.6. The fourth-order valence-electron chi connectivity index (χ4n) is 2.27. The molecule has 6 heteroatoms. The smallest absolute Gasteiger partial charge is 0.248 e. The molecular formula is C19H15ClFN3O. The van der Waals surface area contributed by atoms with Crippen molar-refractivity contribution in [3.05, 3.63) is 89.0 Å². The van der Waals surface area contributed by atoms with E-state index in [1.165, 1.54) is 18.2 Å². The summed E-state index contributed by atoms with van der Waals surface area (Å²) in [6.45, 7) is 0.647. The average molecular weight is 356 g/mol. The molecule has 0 saturated carbocycles. The molecule has 126 valence electrons. The van der Waals surface area contributed by atoms with Crippen molar-refractivity contribution < 1.29 is 9.18 Å². The van der Waals surface area contributed by atoms with Crippen molar-refractivity contribution in [3.8, 4) is 0 Å². The summed E-state index contributed by atoms with van der Waals surface area (Å²) >= 11 is 5.68. The molecule has 0 bridgehead atoms. The van der Waals surface area contributed by atoms with Crippen LogP contribution >= 0.6 is 11.6 Å². The molecule has 1 amide bonds. The van der Waals surface area contributed by atoms with Crippen molar-refractivity contribution in [1.82, 2.24) is 9.78 Å². The molecule has 0 aliphatic heterocycles. The number of anilines is 1. The molecule has 3 rings (SSSR count). The molecule has 1 heterocycles. The van der Waals surface area contributed by atoms with Gasteiger partial charge in [0.1, 0.15) is 0 Å². The second-order valence-electron chi connectivity index (χ2n) is 5.38. The first-order valence-corrected chi connectivity index (χ1v) is 7.99. The van der Waals surface area contributed by atoms with Crippen LogP contribution in [0.3, 0.4) is 0 Å². The number of aromatic nitrogens is 2. The zero-order valence-corrected chi connectivity index (χ0v) is 13.9. The monoisotopic (exact) mass is 355 g/mol. The Bertz CT molecular complexity index is 906. The first kappa shape index (κ1) is 16.9. The van der Waals surface area contributed by atoms with Gasteiger partial charge >= 0.3 is 0 Å². The fraction of sp³-hybridized carbons (Fsp3) is 0.0526. The van der Waals surface area contributed by atoms with Gasteiger partial charge in [-0.1, -0.05) is 48.0 Å². The van der Waals surface area contributed by atoms with Crippen LogP contribution < -0.4 is 5.32 Å². The predicted octanol–water partition coefficient (Wildman–Crippen LogP) is 4.38. The van der Waals surface area contributed by atoms with E-state index in [-0.39, 0.29) is 10.7 Å². The van der Waals surface area contributed by atoms with Crippen LogP contribution in [0.5, 0.6) is 0 Å². The van der Waals surface area contributed by atoms with E-state index in [1.807, 2.05) is 36.5 Å². The minimum Gasteiger partial charge on any atom is -0.320 e. The summed E-state index contributed by atoms with van der Waals surface area (Å²) in [7, 11) is 0. The molecule has 0 saturated heterocycles. The summed E-state index contributed by atoms with van der Waals surface area (Å²) in [4.78, 5) is 11.9. The first-order chi connectivity index (χ1) is 12.1. The highest BCUT2D eigenvalue weighted by atomic mass is 35.5. The highest BCUT2D eigenvalue weighted by Crippen LogP contribution is 2.21. The number of benzene rings is 2. The lowest BCUT2D eigenvalue weighted by atomic mass is 10.2. The quantitative estimate of drug-likeness (QED) is 0.690. The van der Waals surface area contributed by atoms with Crippen molar-refractivity contribution in [2.75, 3.05) is 5.32 Å². The average Bonchev–Trinajstić information content (AvgIpc) is 3.05. The highest BCUT2D eigenvalue weighted by Gasteiger charge is 2.07. The molecule has 4 nitrogen and oxygen atoms in total. The number of amides is 1. The summed E-state index contributed by atoms with van der Waals surface area (Å²) in [5.74, 6) is -1.10. The van der Waals surface area contributed by atoms with Gasteiger partial charge in [-0.15, -0.1) is 0 Å². The van der Waals surface area contributed by atoms with Gasteiger partial charge in [-0.3, -0.25) is 9.48 Å². The Labute approximate surface area is 149 Å². The van der Waals surface area contributed by atoms with Crippen LogP contribution in [-0.4, -0.2) is 15.7 Å². The largest absolute Gasteiger partial charge is 0.320 e. The second kappa shape index (κ2) is 7.77. The van der Waals surface area contributed by atoms with Crippen LogP contribution in [0.4, 0.5) is 10.1 Å². The Balaban J connectivity index is 1.62.